The van der Waals surface area contributed by atoms with Crippen molar-refractivity contribution < 1.29 is 0 Å². The van der Waals surface area contributed by atoms with Gasteiger partial charge >= 0.3 is 0 Å². The molecule has 3 nitrogen and oxygen atoms in total. The van der Waals surface area contributed by atoms with E-state index >= 15 is 0 Å². The maximum atomic E-state index is 5.54. The molecule has 2 N–H and O–H groups in total. The zero-order valence-corrected chi connectivity index (χ0v) is 11.5. The maximum Gasteiger partial charge on any atom is 0.180 e. The second kappa shape index (κ2) is 6.75. The lowest BCUT2D eigenvalue weighted by Crippen LogP contribution is -2.03. The Hall–Kier alpha value is -2.07. The number of thioether (sulfide) groups is 1. The van der Waals surface area contributed by atoms with E-state index in [1.54, 1.807) is 6.21 Å². The largest absolute Gasteiger partial charge is 0.377 e. The van der Waals surface area contributed by atoms with Gasteiger partial charge in [-0.05, 0) is 22.9 Å². The molecular weight excluding hydrogens is 254 g/mol. The Bertz CT molecular complexity index is 574. The molecule has 4 heteroatoms. The highest BCUT2D eigenvalue weighted by atomic mass is 32.2. The van der Waals surface area contributed by atoms with Crippen LogP contribution in [-0.2, 0) is 0 Å². The number of benzene rings is 2. The molecule has 0 aromatic heterocycles. The normalized spacial score (nSPS) is 11.9. The van der Waals surface area contributed by atoms with E-state index in [9.17, 15) is 0 Å². The average Bonchev–Trinajstić information content (AvgIpc) is 2.48. The van der Waals surface area contributed by atoms with E-state index in [1.165, 1.54) is 22.9 Å². The van der Waals surface area contributed by atoms with Crippen LogP contribution >= 0.6 is 11.8 Å². The molecule has 0 atom stereocenters. The van der Waals surface area contributed by atoms with Crippen LogP contribution < -0.4 is 5.73 Å². The molecule has 0 radical (unpaired) electrons. The van der Waals surface area contributed by atoms with Crippen molar-refractivity contribution in [3.05, 3.63) is 60.2 Å². The maximum absolute atomic E-state index is 5.54. The standard InChI is InChI=1S/C15H15N3S/c1-19-15(16)18-17-11-12-7-9-14(10-8-12)13-5-3-2-4-6-13/h2-11H,1H3,(H2,16,18)/b17-11+. The molecule has 2 aromatic rings. The van der Waals surface area contributed by atoms with Crippen LogP contribution in [0.5, 0.6) is 0 Å². The third kappa shape index (κ3) is 3.96. The third-order valence-electron chi connectivity index (χ3n) is 2.59. The molecule has 19 heavy (non-hydrogen) atoms. The summed E-state index contributed by atoms with van der Waals surface area (Å²) in [6.07, 6.45) is 3.56. The Morgan fingerprint density at radius 3 is 2.26 bits per heavy atom. The lowest BCUT2D eigenvalue weighted by atomic mass is 10.0. The summed E-state index contributed by atoms with van der Waals surface area (Å²) in [6.45, 7) is 0. The molecule has 96 valence electrons. The van der Waals surface area contributed by atoms with Crippen LogP contribution in [0.2, 0.25) is 0 Å². The van der Waals surface area contributed by atoms with Gasteiger partial charge in [0.1, 0.15) is 0 Å². The highest BCUT2D eigenvalue weighted by Crippen LogP contribution is 2.18. The van der Waals surface area contributed by atoms with Crippen molar-refractivity contribution in [2.24, 2.45) is 15.9 Å². The van der Waals surface area contributed by atoms with Gasteiger partial charge in [-0.3, -0.25) is 0 Å². The van der Waals surface area contributed by atoms with Crippen LogP contribution in [0.3, 0.4) is 0 Å². The molecule has 0 spiro atoms. The molecule has 0 bridgehead atoms. The fourth-order valence-electron chi connectivity index (χ4n) is 1.59. The number of hydrogen-bond acceptors (Lipinski definition) is 3. The number of hydrogen-bond donors (Lipinski definition) is 1. The zero-order valence-electron chi connectivity index (χ0n) is 10.7. The van der Waals surface area contributed by atoms with Gasteiger partial charge < -0.3 is 5.73 Å². The highest BCUT2D eigenvalue weighted by molar-refractivity contribution is 8.13. The van der Waals surface area contributed by atoms with Gasteiger partial charge in [0.25, 0.3) is 0 Å². The Kier molecular flexibility index (Phi) is 4.75. The van der Waals surface area contributed by atoms with Crippen molar-refractivity contribution in [3.8, 4) is 11.1 Å². The lowest BCUT2D eigenvalue weighted by molar-refractivity contribution is 1.25. The van der Waals surface area contributed by atoms with E-state index in [2.05, 4.69) is 34.5 Å². The number of amidine groups is 1. The van der Waals surface area contributed by atoms with E-state index in [4.69, 9.17) is 5.73 Å². The molecule has 0 saturated carbocycles. The van der Waals surface area contributed by atoms with E-state index in [1.807, 2.05) is 36.6 Å². The SMILES string of the molecule is CS/C(N)=N/N=C/c1ccc(-c2ccccc2)cc1. The molecule has 0 heterocycles. The van der Waals surface area contributed by atoms with Gasteiger partial charge in [-0.1, -0.05) is 66.4 Å². The van der Waals surface area contributed by atoms with Crippen LogP contribution in [-0.4, -0.2) is 17.6 Å². The molecule has 2 rings (SSSR count). The predicted octanol–water partition coefficient (Wildman–Crippen LogP) is 3.37. The quantitative estimate of drug-likeness (QED) is 0.527. The van der Waals surface area contributed by atoms with Crippen molar-refractivity contribution in [3.63, 3.8) is 0 Å². The third-order valence-corrected chi connectivity index (χ3v) is 3.09. The van der Waals surface area contributed by atoms with Gasteiger partial charge in [0.05, 0.1) is 6.21 Å². The second-order valence-electron chi connectivity index (χ2n) is 3.87. The van der Waals surface area contributed by atoms with Gasteiger partial charge in [0.2, 0.25) is 0 Å². The van der Waals surface area contributed by atoms with Gasteiger partial charge in [0, 0.05) is 0 Å². The Morgan fingerprint density at radius 2 is 1.63 bits per heavy atom. The summed E-state index contributed by atoms with van der Waals surface area (Å²) in [5, 5.41) is 8.23. The molecule has 2 aromatic carbocycles. The van der Waals surface area contributed by atoms with Crippen LogP contribution in [0.25, 0.3) is 11.1 Å². The summed E-state index contributed by atoms with van der Waals surface area (Å²) in [5.41, 5.74) is 8.92. The smallest absolute Gasteiger partial charge is 0.180 e. The first kappa shape index (κ1) is 13.4. The van der Waals surface area contributed by atoms with Gasteiger partial charge in [0.15, 0.2) is 5.17 Å². The molecule has 0 saturated heterocycles. The van der Waals surface area contributed by atoms with Crippen molar-refractivity contribution in [2.45, 2.75) is 0 Å². The first-order valence-electron chi connectivity index (χ1n) is 5.85. The molecular formula is C15H15N3S. The first-order valence-corrected chi connectivity index (χ1v) is 7.08. The number of rotatable bonds is 3. The van der Waals surface area contributed by atoms with Crippen molar-refractivity contribution in [1.29, 1.82) is 0 Å². The van der Waals surface area contributed by atoms with Crippen LogP contribution in [0.1, 0.15) is 5.56 Å². The molecule has 0 amide bonds. The lowest BCUT2D eigenvalue weighted by Gasteiger charge is -2.01. The summed E-state index contributed by atoms with van der Waals surface area (Å²) in [7, 11) is 0. The minimum atomic E-state index is 0.456. The van der Waals surface area contributed by atoms with E-state index in [0.717, 1.165) is 5.56 Å². The van der Waals surface area contributed by atoms with Gasteiger partial charge in [-0.25, -0.2) is 0 Å². The molecule has 0 aliphatic carbocycles. The van der Waals surface area contributed by atoms with Crippen molar-refractivity contribution in [1.82, 2.24) is 0 Å². The first-order chi connectivity index (χ1) is 9.29. The Morgan fingerprint density at radius 1 is 1.00 bits per heavy atom. The molecule has 0 fully saturated rings. The van der Waals surface area contributed by atoms with E-state index in [-0.39, 0.29) is 0 Å². The minimum absolute atomic E-state index is 0.456. The summed E-state index contributed by atoms with van der Waals surface area (Å²) in [6, 6.07) is 18.4. The fourth-order valence-corrected chi connectivity index (χ4v) is 1.71. The second-order valence-corrected chi connectivity index (χ2v) is 4.70. The molecule has 0 unspecified atom stereocenters. The predicted molar refractivity (Wildman–Crippen MR) is 84.6 cm³/mol. The molecule has 0 aliphatic rings. The fraction of sp³-hybridized carbons (Fsp3) is 0.0667. The van der Waals surface area contributed by atoms with Gasteiger partial charge in [-0.15, -0.1) is 5.10 Å². The van der Waals surface area contributed by atoms with E-state index in [0.29, 0.717) is 5.17 Å². The van der Waals surface area contributed by atoms with Crippen LogP contribution in [0.4, 0.5) is 0 Å². The summed E-state index contributed by atoms with van der Waals surface area (Å²) in [5.74, 6) is 0. The Balaban J connectivity index is 2.11. The summed E-state index contributed by atoms with van der Waals surface area (Å²) < 4.78 is 0. The van der Waals surface area contributed by atoms with E-state index < -0.39 is 0 Å². The van der Waals surface area contributed by atoms with Crippen LogP contribution in [0, 0.1) is 0 Å². The minimum Gasteiger partial charge on any atom is -0.377 e. The monoisotopic (exact) mass is 269 g/mol. The van der Waals surface area contributed by atoms with Gasteiger partial charge in [-0.2, -0.15) is 5.10 Å². The summed E-state index contributed by atoms with van der Waals surface area (Å²) in [4.78, 5) is 0. The highest BCUT2D eigenvalue weighted by Gasteiger charge is 1.95. The van der Waals surface area contributed by atoms with Crippen LogP contribution in [0.15, 0.2) is 64.8 Å². The average molecular weight is 269 g/mol. The summed E-state index contributed by atoms with van der Waals surface area (Å²) >= 11 is 1.37. The number of nitrogens with two attached hydrogens (primary N) is 1. The zero-order chi connectivity index (χ0) is 13.5. The molecule has 0 aliphatic heterocycles. The Labute approximate surface area is 117 Å². The topological polar surface area (TPSA) is 50.7 Å². The van der Waals surface area contributed by atoms with Crippen molar-refractivity contribution >= 4 is 23.1 Å². The van der Waals surface area contributed by atoms with Crippen molar-refractivity contribution in [2.75, 3.05) is 6.26 Å². The number of nitrogens with zero attached hydrogens (tertiary/aromatic N) is 2.